The Balaban J connectivity index is 1.63. The fourth-order valence-electron chi connectivity index (χ4n) is 5.57. The summed E-state index contributed by atoms with van der Waals surface area (Å²) >= 11 is 0. The molecule has 1 fully saturated rings. The van der Waals surface area contributed by atoms with Crippen molar-refractivity contribution in [3.8, 4) is 18.2 Å². The van der Waals surface area contributed by atoms with Gasteiger partial charge in [0, 0.05) is 19.3 Å². The third kappa shape index (κ3) is 9.92. The van der Waals surface area contributed by atoms with Gasteiger partial charge in [0.2, 0.25) is 0 Å². The first-order chi connectivity index (χ1) is 27.0. The highest BCUT2D eigenvalue weighted by molar-refractivity contribution is 6.23. The van der Waals surface area contributed by atoms with Gasteiger partial charge in [0.15, 0.2) is 0 Å². The molecule has 0 spiro atoms. The van der Waals surface area contributed by atoms with Crippen molar-refractivity contribution >= 4 is 65.0 Å². The summed E-state index contributed by atoms with van der Waals surface area (Å²) in [5.41, 5.74) is 2.47. The Hall–Kier alpha value is -7.50. The lowest BCUT2D eigenvalue weighted by atomic mass is 10.0. The van der Waals surface area contributed by atoms with Crippen molar-refractivity contribution in [1.29, 1.82) is 15.8 Å². The molecule has 1 aliphatic rings. The maximum atomic E-state index is 14.1. The quantitative estimate of drug-likeness (QED) is 0.0620. The Labute approximate surface area is 324 Å². The summed E-state index contributed by atoms with van der Waals surface area (Å²) in [6, 6.07) is 25.3. The number of carbonyl (C=O) groups excluding carboxylic acids is 5. The molecular weight excluding hydrogens is 716 g/mol. The monoisotopic (exact) mass is 754 g/mol. The third-order valence-corrected chi connectivity index (χ3v) is 8.36. The molecule has 0 atom stereocenters. The second kappa shape index (κ2) is 19.5. The predicted molar refractivity (Wildman–Crippen MR) is 206 cm³/mol. The number of nitriles is 3. The Morgan fingerprint density at radius 2 is 0.929 bits per heavy atom. The molecular formula is C42H38N6O8. The van der Waals surface area contributed by atoms with Gasteiger partial charge in [-0.3, -0.25) is 9.59 Å². The summed E-state index contributed by atoms with van der Waals surface area (Å²) in [7, 11) is 1.81. The van der Waals surface area contributed by atoms with Crippen molar-refractivity contribution in [3.63, 3.8) is 0 Å². The molecule has 1 saturated heterocycles. The Morgan fingerprint density at radius 3 is 1.23 bits per heavy atom. The van der Waals surface area contributed by atoms with Crippen molar-refractivity contribution in [2.24, 2.45) is 5.92 Å². The van der Waals surface area contributed by atoms with E-state index in [4.69, 9.17) is 14.2 Å². The van der Waals surface area contributed by atoms with Gasteiger partial charge in [-0.1, -0.05) is 36.4 Å². The number of hydrazine groups is 1. The molecule has 0 radical (unpaired) electrons. The first kappa shape index (κ1) is 41.3. The lowest BCUT2D eigenvalue weighted by Crippen LogP contribution is -2.41. The van der Waals surface area contributed by atoms with Gasteiger partial charge in [0.05, 0.1) is 31.2 Å². The highest BCUT2D eigenvalue weighted by atomic mass is 16.5. The molecule has 0 N–H and O–H groups in total. The zero-order valence-corrected chi connectivity index (χ0v) is 31.2. The number of rotatable bonds is 15. The van der Waals surface area contributed by atoms with Gasteiger partial charge in [-0.15, -0.1) is 0 Å². The molecule has 3 aromatic rings. The fourth-order valence-corrected chi connectivity index (χ4v) is 5.57. The standard InChI is InChI=1S/C42H38N6O8/c1-5-54-40(51)31(25-43)22-28-8-14-34(15-9-28)46(4)21-20-37-38(49)47(35-16-10-29(11-17-35)23-32(26-44)41(52)55-6-2)48(39(37)50)36-18-12-30(13-19-36)24-33(27-45)42(53)56-7-3/h8-19,22-24,37H,5-7,20-21H2,1-4H3/b31-22+,32-23+,33-24+. The van der Waals surface area contributed by atoms with E-state index in [1.165, 1.54) is 28.2 Å². The normalized spacial score (nSPS) is 13.4. The van der Waals surface area contributed by atoms with Crippen LogP contribution in [0.25, 0.3) is 18.2 Å². The molecule has 0 aromatic heterocycles. The minimum Gasteiger partial charge on any atom is -0.462 e. The van der Waals surface area contributed by atoms with Crippen molar-refractivity contribution in [2.75, 3.05) is 48.3 Å². The van der Waals surface area contributed by atoms with Crippen molar-refractivity contribution < 1.29 is 38.2 Å². The number of ether oxygens (including phenoxy) is 3. The number of esters is 3. The second-order valence-corrected chi connectivity index (χ2v) is 12.0. The van der Waals surface area contributed by atoms with E-state index in [1.54, 1.807) is 101 Å². The molecule has 2 amide bonds. The van der Waals surface area contributed by atoms with Crippen LogP contribution in [0.4, 0.5) is 17.1 Å². The van der Waals surface area contributed by atoms with Crippen LogP contribution in [0.1, 0.15) is 43.9 Å². The maximum absolute atomic E-state index is 14.1. The van der Waals surface area contributed by atoms with Crippen LogP contribution in [0.15, 0.2) is 89.5 Å². The number of benzene rings is 3. The van der Waals surface area contributed by atoms with Gasteiger partial charge < -0.3 is 19.1 Å². The first-order valence-electron chi connectivity index (χ1n) is 17.6. The van der Waals surface area contributed by atoms with Gasteiger partial charge in [0.25, 0.3) is 11.8 Å². The predicted octanol–water partition coefficient (Wildman–Crippen LogP) is 5.53. The van der Waals surface area contributed by atoms with Gasteiger partial charge >= 0.3 is 17.9 Å². The Bertz CT molecular complexity index is 2080. The highest BCUT2D eigenvalue weighted by Crippen LogP contribution is 2.34. The maximum Gasteiger partial charge on any atom is 0.348 e. The van der Waals surface area contributed by atoms with E-state index in [2.05, 4.69) is 0 Å². The summed E-state index contributed by atoms with van der Waals surface area (Å²) in [6.07, 6.45) is 4.29. The molecule has 284 valence electrons. The summed E-state index contributed by atoms with van der Waals surface area (Å²) in [5, 5.41) is 30.8. The smallest absolute Gasteiger partial charge is 0.348 e. The summed E-state index contributed by atoms with van der Waals surface area (Å²) in [5.74, 6) is -4.30. The molecule has 56 heavy (non-hydrogen) atoms. The number of hydrogen-bond donors (Lipinski definition) is 0. The van der Waals surface area contributed by atoms with Crippen LogP contribution >= 0.6 is 0 Å². The van der Waals surface area contributed by atoms with E-state index in [9.17, 15) is 39.8 Å². The first-order valence-corrected chi connectivity index (χ1v) is 17.6. The Morgan fingerprint density at radius 1 is 0.607 bits per heavy atom. The molecule has 0 bridgehead atoms. The molecule has 0 saturated carbocycles. The van der Waals surface area contributed by atoms with Crippen LogP contribution in [0.5, 0.6) is 0 Å². The SMILES string of the molecule is CCOC(=O)/C(C#N)=C/c1ccc(N(C)CCC2C(=O)N(c3ccc(/C=C(\C#N)C(=O)OCC)cc3)N(c3ccc(/C=C(\C#N)C(=O)OCC)cc3)C2=O)cc1. The number of hydrogen-bond acceptors (Lipinski definition) is 12. The van der Waals surface area contributed by atoms with Crippen LogP contribution in [-0.4, -0.2) is 63.1 Å². The molecule has 1 heterocycles. The summed E-state index contributed by atoms with van der Waals surface area (Å²) in [6.45, 7) is 5.55. The minimum absolute atomic E-state index is 0.101. The van der Waals surface area contributed by atoms with Crippen molar-refractivity contribution in [3.05, 3.63) is 106 Å². The molecule has 0 unspecified atom stereocenters. The number of anilines is 3. The lowest BCUT2D eigenvalue weighted by Gasteiger charge is -2.28. The summed E-state index contributed by atoms with van der Waals surface area (Å²) < 4.78 is 14.8. The highest BCUT2D eigenvalue weighted by Gasteiger charge is 2.47. The third-order valence-electron chi connectivity index (χ3n) is 8.36. The topological polar surface area (TPSA) is 194 Å². The summed E-state index contributed by atoms with van der Waals surface area (Å²) in [4.78, 5) is 66.5. The van der Waals surface area contributed by atoms with E-state index in [0.29, 0.717) is 34.6 Å². The van der Waals surface area contributed by atoms with Gasteiger partial charge in [0.1, 0.15) is 40.8 Å². The van der Waals surface area contributed by atoms with E-state index in [0.717, 1.165) is 5.69 Å². The Kier molecular flexibility index (Phi) is 14.4. The average Bonchev–Trinajstić information content (AvgIpc) is 3.45. The van der Waals surface area contributed by atoms with Crippen LogP contribution in [0.2, 0.25) is 0 Å². The van der Waals surface area contributed by atoms with Crippen LogP contribution in [-0.2, 0) is 38.2 Å². The van der Waals surface area contributed by atoms with E-state index in [1.807, 2.05) is 23.1 Å². The second-order valence-electron chi connectivity index (χ2n) is 12.0. The zero-order chi connectivity index (χ0) is 40.8. The largest absolute Gasteiger partial charge is 0.462 e. The molecule has 0 aliphatic carbocycles. The zero-order valence-electron chi connectivity index (χ0n) is 31.2. The fraction of sp³-hybridized carbons (Fsp3) is 0.238. The van der Waals surface area contributed by atoms with E-state index >= 15 is 0 Å². The number of carbonyl (C=O) groups is 5. The van der Waals surface area contributed by atoms with Gasteiger partial charge in [-0.05, 0) is 98.5 Å². The lowest BCUT2D eigenvalue weighted by molar-refractivity contribution is -0.138. The van der Waals surface area contributed by atoms with Crippen LogP contribution in [0.3, 0.4) is 0 Å². The van der Waals surface area contributed by atoms with Crippen LogP contribution < -0.4 is 14.9 Å². The molecule has 4 rings (SSSR count). The van der Waals surface area contributed by atoms with E-state index in [-0.39, 0.29) is 43.0 Å². The van der Waals surface area contributed by atoms with Gasteiger partial charge in [-0.2, -0.15) is 15.8 Å². The number of amides is 2. The van der Waals surface area contributed by atoms with Crippen molar-refractivity contribution in [2.45, 2.75) is 27.2 Å². The van der Waals surface area contributed by atoms with Crippen molar-refractivity contribution in [1.82, 2.24) is 0 Å². The van der Waals surface area contributed by atoms with Gasteiger partial charge in [-0.25, -0.2) is 24.4 Å². The average molecular weight is 755 g/mol. The van der Waals surface area contributed by atoms with E-state index < -0.39 is 35.6 Å². The number of nitrogens with zero attached hydrogens (tertiary/aromatic N) is 6. The minimum atomic E-state index is -1.08. The molecule has 14 heteroatoms. The molecule has 14 nitrogen and oxygen atoms in total. The van der Waals surface area contributed by atoms with Crippen LogP contribution in [0, 0.1) is 39.9 Å². The molecule has 1 aliphatic heterocycles. The molecule has 3 aromatic carbocycles.